The van der Waals surface area contributed by atoms with Crippen LogP contribution in [0, 0.1) is 6.92 Å². The largest absolute Gasteiger partial charge is 0.475 e. The van der Waals surface area contributed by atoms with Gasteiger partial charge in [0.15, 0.2) is 0 Å². The molecule has 84 valence electrons. The van der Waals surface area contributed by atoms with Crippen LogP contribution in [0.2, 0.25) is 5.02 Å². The van der Waals surface area contributed by atoms with Gasteiger partial charge in [0.1, 0.15) is 5.76 Å². The number of carbonyl (C=O) groups is 1. The van der Waals surface area contributed by atoms with Crippen molar-refractivity contribution in [1.82, 2.24) is 9.78 Å². The number of hydrogen-bond donors (Lipinski definition) is 1. The molecule has 2 heterocycles. The minimum atomic E-state index is -1.08. The quantitative estimate of drug-likeness (QED) is 0.893. The monoisotopic (exact) mass is 240 g/mol. The number of aryl methyl sites for hydroxylation is 1. The van der Waals surface area contributed by atoms with Gasteiger partial charge in [0.2, 0.25) is 5.76 Å². The average Bonchev–Trinajstić information content (AvgIpc) is 2.75. The normalized spacial score (nSPS) is 10.6. The summed E-state index contributed by atoms with van der Waals surface area (Å²) in [4.78, 5) is 10.7. The van der Waals surface area contributed by atoms with Gasteiger partial charge in [-0.2, -0.15) is 5.10 Å². The van der Waals surface area contributed by atoms with Gasteiger partial charge in [0, 0.05) is 11.8 Å². The van der Waals surface area contributed by atoms with Gasteiger partial charge in [-0.25, -0.2) is 4.79 Å². The van der Waals surface area contributed by atoms with E-state index in [4.69, 9.17) is 21.1 Å². The molecule has 0 fully saturated rings. The Morgan fingerprint density at radius 1 is 1.69 bits per heavy atom. The first-order chi connectivity index (χ1) is 7.56. The second kappa shape index (κ2) is 4.02. The number of aromatic nitrogens is 2. The summed E-state index contributed by atoms with van der Waals surface area (Å²) < 4.78 is 6.70. The predicted octanol–water partition coefficient (Wildman–Crippen LogP) is 2.18. The van der Waals surface area contributed by atoms with E-state index in [1.165, 1.54) is 12.3 Å². The van der Waals surface area contributed by atoms with E-state index in [0.29, 0.717) is 17.3 Å². The fraction of sp³-hybridized carbons (Fsp3) is 0.200. The van der Waals surface area contributed by atoms with Crippen molar-refractivity contribution < 1.29 is 14.3 Å². The maximum Gasteiger partial charge on any atom is 0.371 e. The Kier molecular flexibility index (Phi) is 2.70. The molecule has 0 amide bonds. The Hall–Kier alpha value is -1.75. The number of aromatic carboxylic acids is 1. The van der Waals surface area contributed by atoms with E-state index in [-0.39, 0.29) is 5.76 Å². The number of hydrogen-bond acceptors (Lipinski definition) is 3. The molecule has 5 nitrogen and oxygen atoms in total. The number of halogens is 1. The van der Waals surface area contributed by atoms with Crippen molar-refractivity contribution in [1.29, 1.82) is 0 Å². The number of nitrogens with zero attached hydrogens (tertiary/aromatic N) is 2. The van der Waals surface area contributed by atoms with Crippen LogP contribution in [0.1, 0.15) is 21.9 Å². The summed E-state index contributed by atoms with van der Waals surface area (Å²) in [6, 6.07) is 1.49. The fourth-order valence-electron chi connectivity index (χ4n) is 1.38. The lowest BCUT2D eigenvalue weighted by atomic mass is 10.2. The molecule has 0 aliphatic rings. The Morgan fingerprint density at radius 3 is 2.94 bits per heavy atom. The van der Waals surface area contributed by atoms with Crippen molar-refractivity contribution in [3.05, 3.63) is 40.6 Å². The maximum atomic E-state index is 10.7. The Bertz CT molecular complexity index is 530. The number of carboxylic acid groups (broad SMARTS) is 1. The van der Waals surface area contributed by atoms with E-state index in [1.807, 2.05) is 0 Å². The molecule has 0 bridgehead atoms. The van der Waals surface area contributed by atoms with Crippen molar-refractivity contribution >= 4 is 17.6 Å². The summed E-state index contributed by atoms with van der Waals surface area (Å²) in [6.45, 7) is 2.15. The molecule has 16 heavy (non-hydrogen) atoms. The van der Waals surface area contributed by atoms with Crippen LogP contribution in [0.4, 0.5) is 0 Å². The highest BCUT2D eigenvalue weighted by atomic mass is 35.5. The third-order valence-electron chi connectivity index (χ3n) is 2.17. The van der Waals surface area contributed by atoms with Gasteiger partial charge in [-0.15, -0.1) is 0 Å². The van der Waals surface area contributed by atoms with Crippen LogP contribution >= 0.6 is 11.6 Å². The van der Waals surface area contributed by atoms with E-state index in [0.717, 1.165) is 5.56 Å². The minimum Gasteiger partial charge on any atom is -0.475 e. The predicted molar refractivity (Wildman–Crippen MR) is 56.7 cm³/mol. The second-order valence-corrected chi connectivity index (χ2v) is 3.79. The van der Waals surface area contributed by atoms with Gasteiger partial charge in [-0.1, -0.05) is 11.6 Å². The molecule has 2 aromatic rings. The molecule has 0 atom stereocenters. The van der Waals surface area contributed by atoms with Crippen LogP contribution in [0.15, 0.2) is 22.9 Å². The molecular weight excluding hydrogens is 232 g/mol. The lowest BCUT2D eigenvalue weighted by molar-refractivity contribution is 0.0661. The molecule has 0 aromatic carbocycles. The van der Waals surface area contributed by atoms with E-state index >= 15 is 0 Å². The lowest BCUT2D eigenvalue weighted by Gasteiger charge is -1.98. The van der Waals surface area contributed by atoms with E-state index in [2.05, 4.69) is 5.10 Å². The topological polar surface area (TPSA) is 68.3 Å². The second-order valence-electron chi connectivity index (χ2n) is 3.35. The molecule has 2 aromatic heterocycles. The SMILES string of the molecule is Cc1oc(C(=O)O)cc1Cn1cc(Cl)cn1. The van der Waals surface area contributed by atoms with Crippen LogP contribution < -0.4 is 0 Å². The van der Waals surface area contributed by atoms with Crippen molar-refractivity contribution in [2.75, 3.05) is 0 Å². The van der Waals surface area contributed by atoms with Crippen molar-refractivity contribution in [2.45, 2.75) is 13.5 Å². The summed E-state index contributed by atoms with van der Waals surface area (Å²) in [6.07, 6.45) is 3.18. The molecular formula is C10H9ClN2O3. The third-order valence-corrected chi connectivity index (χ3v) is 2.36. The van der Waals surface area contributed by atoms with Gasteiger partial charge in [-0.3, -0.25) is 4.68 Å². The smallest absolute Gasteiger partial charge is 0.371 e. The lowest BCUT2D eigenvalue weighted by Crippen LogP contribution is -1.99. The van der Waals surface area contributed by atoms with Crippen molar-refractivity contribution in [3.63, 3.8) is 0 Å². The molecule has 0 radical (unpaired) electrons. The van der Waals surface area contributed by atoms with E-state index in [9.17, 15) is 4.79 Å². The molecule has 1 N–H and O–H groups in total. The molecule has 0 spiro atoms. The summed E-state index contributed by atoms with van der Waals surface area (Å²) in [5.74, 6) is -0.567. The maximum absolute atomic E-state index is 10.7. The first kappa shape index (κ1) is 10.8. The number of carboxylic acids is 1. The van der Waals surface area contributed by atoms with Crippen LogP contribution in [-0.4, -0.2) is 20.9 Å². The highest BCUT2D eigenvalue weighted by Crippen LogP contribution is 2.16. The van der Waals surface area contributed by atoms with E-state index in [1.54, 1.807) is 17.8 Å². The summed E-state index contributed by atoms with van der Waals surface area (Å²) in [5.41, 5.74) is 0.775. The standard InChI is InChI=1S/C10H9ClN2O3/c1-6-7(2-9(16-6)10(14)15)4-13-5-8(11)3-12-13/h2-3,5H,4H2,1H3,(H,14,15). The molecule has 2 rings (SSSR count). The fourth-order valence-corrected chi connectivity index (χ4v) is 1.54. The number of furan rings is 1. The number of rotatable bonds is 3. The van der Waals surface area contributed by atoms with Gasteiger partial charge in [-0.05, 0) is 13.0 Å². The molecule has 0 aliphatic carbocycles. The van der Waals surface area contributed by atoms with Gasteiger partial charge in [0.25, 0.3) is 0 Å². The zero-order valence-corrected chi connectivity index (χ0v) is 9.23. The zero-order valence-electron chi connectivity index (χ0n) is 8.48. The molecule has 6 heteroatoms. The van der Waals surface area contributed by atoms with Crippen LogP contribution in [-0.2, 0) is 6.54 Å². The van der Waals surface area contributed by atoms with Crippen LogP contribution in [0.25, 0.3) is 0 Å². The van der Waals surface area contributed by atoms with E-state index < -0.39 is 5.97 Å². The zero-order chi connectivity index (χ0) is 11.7. The van der Waals surface area contributed by atoms with Crippen LogP contribution in [0.5, 0.6) is 0 Å². The first-order valence-electron chi connectivity index (χ1n) is 4.57. The Morgan fingerprint density at radius 2 is 2.44 bits per heavy atom. The summed E-state index contributed by atoms with van der Waals surface area (Å²) in [5, 5.41) is 13.3. The summed E-state index contributed by atoms with van der Waals surface area (Å²) >= 11 is 5.72. The van der Waals surface area contributed by atoms with Crippen molar-refractivity contribution in [2.24, 2.45) is 0 Å². The Labute approximate surface area is 96.2 Å². The average molecular weight is 241 g/mol. The van der Waals surface area contributed by atoms with Gasteiger partial charge in [0.05, 0.1) is 17.8 Å². The van der Waals surface area contributed by atoms with Crippen LogP contribution in [0.3, 0.4) is 0 Å². The minimum absolute atomic E-state index is 0.0641. The first-order valence-corrected chi connectivity index (χ1v) is 4.94. The highest BCUT2D eigenvalue weighted by molar-refractivity contribution is 6.30. The van der Waals surface area contributed by atoms with Gasteiger partial charge >= 0.3 is 5.97 Å². The molecule has 0 saturated heterocycles. The molecule has 0 saturated carbocycles. The molecule has 0 aliphatic heterocycles. The van der Waals surface area contributed by atoms with Gasteiger partial charge < -0.3 is 9.52 Å². The third kappa shape index (κ3) is 2.09. The van der Waals surface area contributed by atoms with Crippen molar-refractivity contribution in [3.8, 4) is 0 Å². The Balaban J connectivity index is 2.24. The summed E-state index contributed by atoms with van der Waals surface area (Å²) in [7, 11) is 0. The highest BCUT2D eigenvalue weighted by Gasteiger charge is 2.13. The molecule has 0 unspecified atom stereocenters.